The number of aromatic nitrogens is 1. The van der Waals surface area contributed by atoms with E-state index in [1.165, 1.54) is 18.2 Å². The van der Waals surface area contributed by atoms with Crippen molar-refractivity contribution in [2.24, 2.45) is 0 Å². The number of hydrogen-bond donors (Lipinski definition) is 1. The van der Waals surface area contributed by atoms with Gasteiger partial charge in [-0.1, -0.05) is 18.2 Å². The van der Waals surface area contributed by atoms with Crippen LogP contribution in [0, 0.1) is 17.1 Å². The second-order valence-electron chi connectivity index (χ2n) is 4.94. The van der Waals surface area contributed by atoms with Gasteiger partial charge < -0.3 is 9.67 Å². The van der Waals surface area contributed by atoms with Crippen LogP contribution in [0.15, 0.2) is 60.9 Å². The molecule has 0 saturated carbocycles. The van der Waals surface area contributed by atoms with Gasteiger partial charge in [0.1, 0.15) is 11.9 Å². The molecule has 4 nitrogen and oxygen atoms in total. The Morgan fingerprint density at radius 2 is 1.68 bits per heavy atom. The molecule has 126 valence electrons. The van der Waals surface area contributed by atoms with E-state index in [4.69, 9.17) is 5.11 Å². The number of hydrogen-bond acceptors (Lipinski definition) is 2. The quantitative estimate of drug-likeness (QED) is 0.766. The molecule has 0 bridgehead atoms. The first kappa shape index (κ1) is 17.9. The van der Waals surface area contributed by atoms with Crippen LogP contribution in [0.1, 0.15) is 15.9 Å². The van der Waals surface area contributed by atoms with Crippen LogP contribution in [0.25, 0.3) is 16.8 Å². The van der Waals surface area contributed by atoms with Gasteiger partial charge in [0.25, 0.3) is 0 Å². The Hall–Kier alpha value is -3.46. The van der Waals surface area contributed by atoms with Crippen LogP contribution >= 0.6 is 0 Å². The molecule has 0 aliphatic carbocycles. The molecule has 1 heterocycles. The van der Waals surface area contributed by atoms with Gasteiger partial charge in [-0.05, 0) is 30.3 Å². The first-order valence-corrected chi connectivity index (χ1v) is 7.18. The van der Waals surface area contributed by atoms with Crippen LogP contribution in [0.5, 0.6) is 0 Å². The van der Waals surface area contributed by atoms with Crippen molar-refractivity contribution in [3.05, 3.63) is 77.9 Å². The maximum atomic E-state index is 14.0. The van der Waals surface area contributed by atoms with Gasteiger partial charge in [-0.25, -0.2) is 9.18 Å². The van der Waals surface area contributed by atoms with Crippen molar-refractivity contribution in [2.45, 2.75) is 0 Å². The van der Waals surface area contributed by atoms with Crippen LogP contribution in [0.4, 0.5) is 8.78 Å². The SMILES string of the molecule is CF.N#Cc1cn(-c2ccc(C(=O)O)cc2)cc1-c1ccccc1F. The van der Waals surface area contributed by atoms with Crippen molar-refractivity contribution in [3.8, 4) is 22.9 Å². The number of rotatable bonds is 3. The van der Waals surface area contributed by atoms with Crippen LogP contribution in [0.2, 0.25) is 0 Å². The highest BCUT2D eigenvalue weighted by Crippen LogP contribution is 2.28. The topological polar surface area (TPSA) is 66.0 Å². The molecule has 3 rings (SSSR count). The highest BCUT2D eigenvalue weighted by atomic mass is 19.1. The fraction of sp³-hybridized carbons (Fsp3) is 0.0526. The lowest BCUT2D eigenvalue weighted by atomic mass is 10.1. The lowest BCUT2D eigenvalue weighted by molar-refractivity contribution is 0.0697. The van der Waals surface area contributed by atoms with Crippen molar-refractivity contribution >= 4 is 5.97 Å². The van der Waals surface area contributed by atoms with Crippen LogP contribution in [-0.4, -0.2) is 22.8 Å². The average Bonchev–Trinajstić information content (AvgIpc) is 3.08. The van der Waals surface area contributed by atoms with Gasteiger partial charge in [0.05, 0.1) is 18.3 Å². The third-order valence-corrected chi connectivity index (χ3v) is 3.52. The summed E-state index contributed by atoms with van der Waals surface area (Å²) in [5, 5.41) is 18.2. The second kappa shape index (κ2) is 7.88. The molecule has 1 N–H and O–H groups in total. The fourth-order valence-electron chi connectivity index (χ4n) is 2.36. The Morgan fingerprint density at radius 3 is 2.24 bits per heavy atom. The Balaban J connectivity index is 0.00000109. The Labute approximate surface area is 143 Å². The van der Waals surface area contributed by atoms with Gasteiger partial charge in [-0.2, -0.15) is 5.26 Å². The molecule has 0 aliphatic heterocycles. The smallest absolute Gasteiger partial charge is 0.335 e. The number of benzene rings is 2. The summed E-state index contributed by atoms with van der Waals surface area (Å²) in [4.78, 5) is 10.9. The zero-order valence-electron chi connectivity index (χ0n) is 13.3. The lowest BCUT2D eigenvalue weighted by Crippen LogP contribution is -1.97. The first-order valence-electron chi connectivity index (χ1n) is 7.18. The van der Waals surface area contributed by atoms with Crippen LogP contribution in [0.3, 0.4) is 0 Å². The lowest BCUT2D eigenvalue weighted by Gasteiger charge is -2.03. The summed E-state index contributed by atoms with van der Waals surface area (Å²) in [6.45, 7) is 0. The summed E-state index contributed by atoms with van der Waals surface area (Å²) in [5.74, 6) is -1.41. The number of aromatic carboxylic acids is 1. The number of halogens is 2. The van der Waals surface area contributed by atoms with Gasteiger partial charge in [0.2, 0.25) is 0 Å². The Kier molecular flexibility index (Phi) is 5.64. The predicted octanol–water partition coefficient (Wildman–Crippen LogP) is 4.44. The molecule has 0 unspecified atom stereocenters. The van der Waals surface area contributed by atoms with Gasteiger partial charge in [-0.15, -0.1) is 0 Å². The van der Waals surface area contributed by atoms with Crippen molar-refractivity contribution in [3.63, 3.8) is 0 Å². The van der Waals surface area contributed by atoms with E-state index in [1.54, 1.807) is 47.3 Å². The van der Waals surface area contributed by atoms with E-state index < -0.39 is 11.8 Å². The van der Waals surface area contributed by atoms with Gasteiger partial charge in [0.15, 0.2) is 0 Å². The molecule has 0 atom stereocenters. The largest absolute Gasteiger partial charge is 0.478 e. The summed E-state index contributed by atoms with van der Waals surface area (Å²) >= 11 is 0. The summed E-state index contributed by atoms with van der Waals surface area (Å²) in [5.41, 5.74) is 2.06. The molecule has 0 amide bonds. The van der Waals surface area contributed by atoms with Crippen molar-refractivity contribution < 1.29 is 18.7 Å². The molecular weight excluding hydrogens is 326 g/mol. The Bertz CT molecular complexity index is 925. The van der Waals surface area contributed by atoms with E-state index in [0.29, 0.717) is 29.6 Å². The Morgan fingerprint density at radius 1 is 1.04 bits per heavy atom. The highest BCUT2D eigenvalue weighted by molar-refractivity contribution is 5.87. The minimum Gasteiger partial charge on any atom is -0.478 e. The third kappa shape index (κ3) is 3.72. The maximum Gasteiger partial charge on any atom is 0.335 e. The van der Waals surface area contributed by atoms with E-state index in [9.17, 15) is 18.8 Å². The number of nitrogens with zero attached hydrogens (tertiary/aromatic N) is 2. The van der Waals surface area contributed by atoms with E-state index in [0.717, 1.165) is 0 Å². The molecule has 0 aliphatic rings. The number of carbonyl (C=O) groups is 1. The number of nitriles is 1. The number of carboxylic acid groups (broad SMARTS) is 1. The van der Waals surface area contributed by atoms with E-state index in [-0.39, 0.29) is 5.56 Å². The molecule has 0 fully saturated rings. The average molecular weight is 340 g/mol. The zero-order chi connectivity index (χ0) is 18.4. The number of alkyl halides is 1. The van der Waals surface area contributed by atoms with Crippen molar-refractivity contribution in [2.75, 3.05) is 7.18 Å². The summed E-state index contributed by atoms with van der Waals surface area (Å²) in [6, 6.07) is 14.5. The van der Waals surface area contributed by atoms with E-state index in [1.807, 2.05) is 0 Å². The summed E-state index contributed by atoms with van der Waals surface area (Å²) in [6.07, 6.45) is 3.25. The van der Waals surface area contributed by atoms with E-state index >= 15 is 0 Å². The highest BCUT2D eigenvalue weighted by Gasteiger charge is 2.13. The monoisotopic (exact) mass is 340 g/mol. The first-order chi connectivity index (χ1) is 12.1. The molecule has 25 heavy (non-hydrogen) atoms. The molecule has 0 spiro atoms. The zero-order valence-corrected chi connectivity index (χ0v) is 13.3. The normalized spacial score (nSPS) is 9.68. The van der Waals surface area contributed by atoms with E-state index in [2.05, 4.69) is 6.07 Å². The minimum absolute atomic E-state index is 0.177. The van der Waals surface area contributed by atoms with Crippen LogP contribution in [-0.2, 0) is 0 Å². The molecule has 2 aromatic carbocycles. The van der Waals surface area contributed by atoms with Gasteiger partial charge in [0, 0.05) is 29.2 Å². The molecule has 1 aromatic heterocycles. The third-order valence-electron chi connectivity index (χ3n) is 3.52. The van der Waals surface area contributed by atoms with Crippen LogP contribution < -0.4 is 0 Å². The predicted molar refractivity (Wildman–Crippen MR) is 89.9 cm³/mol. The van der Waals surface area contributed by atoms with Gasteiger partial charge >= 0.3 is 5.97 Å². The molecule has 6 heteroatoms. The summed E-state index contributed by atoms with van der Waals surface area (Å²) < 4.78 is 25.1. The van der Waals surface area contributed by atoms with Gasteiger partial charge in [-0.3, -0.25) is 4.39 Å². The molecule has 0 saturated heterocycles. The second-order valence-corrected chi connectivity index (χ2v) is 4.94. The number of carboxylic acids is 1. The van der Waals surface area contributed by atoms with Crippen molar-refractivity contribution in [1.29, 1.82) is 5.26 Å². The molecule has 3 aromatic rings. The molecular formula is C19H14F2N2O2. The minimum atomic E-state index is -1.01. The fourth-order valence-corrected chi connectivity index (χ4v) is 2.36. The standard InChI is InChI=1S/C18H11FN2O2.CH3F/c19-17-4-2-1-3-15(17)16-11-21(10-13(16)9-20)14-7-5-12(6-8-14)18(22)23;1-2/h1-8,10-11H,(H,22,23);1H3. The maximum absolute atomic E-state index is 14.0. The van der Waals surface area contributed by atoms with Crippen molar-refractivity contribution in [1.82, 2.24) is 4.57 Å². The molecule has 0 radical (unpaired) electrons. The summed E-state index contributed by atoms with van der Waals surface area (Å²) in [7, 11) is 0.500.